The van der Waals surface area contributed by atoms with Crippen LogP contribution in [0.5, 0.6) is 5.75 Å². The monoisotopic (exact) mass is 260 g/mol. The first-order valence-electron chi connectivity index (χ1n) is 5.78. The molecule has 0 radical (unpaired) electrons. The van der Waals surface area contributed by atoms with E-state index in [0.717, 1.165) is 17.2 Å². The summed E-state index contributed by atoms with van der Waals surface area (Å²) in [6.07, 6.45) is 0. The third kappa shape index (κ3) is 3.10. The van der Waals surface area contributed by atoms with Crippen molar-refractivity contribution in [3.05, 3.63) is 65.0 Å². The molecule has 0 unspecified atom stereocenters. The number of halogens is 1. The predicted octanol–water partition coefficient (Wildman–Crippen LogP) is 3.41. The molecule has 19 heavy (non-hydrogen) atoms. The molecule has 3 nitrogen and oxygen atoms in total. The lowest BCUT2D eigenvalue weighted by Crippen LogP contribution is -2.02. The van der Waals surface area contributed by atoms with Crippen LogP contribution >= 0.6 is 0 Å². The summed E-state index contributed by atoms with van der Waals surface area (Å²) in [5, 5.41) is 8.72. The summed E-state index contributed by atoms with van der Waals surface area (Å²) in [5.74, 6) is -1.77. The van der Waals surface area contributed by atoms with Crippen molar-refractivity contribution < 1.29 is 19.0 Å². The van der Waals surface area contributed by atoms with Crippen LogP contribution in [0.4, 0.5) is 4.39 Å². The van der Waals surface area contributed by atoms with Crippen LogP contribution in [0.2, 0.25) is 0 Å². The Balaban J connectivity index is 2.11. The van der Waals surface area contributed by atoms with Crippen LogP contribution < -0.4 is 4.74 Å². The van der Waals surface area contributed by atoms with Gasteiger partial charge in [-0.1, -0.05) is 24.3 Å². The molecule has 2 rings (SSSR count). The molecule has 1 N–H and O–H groups in total. The van der Waals surface area contributed by atoms with Crippen molar-refractivity contribution in [1.82, 2.24) is 0 Å². The van der Waals surface area contributed by atoms with Crippen LogP contribution in [0.25, 0.3) is 0 Å². The first-order valence-corrected chi connectivity index (χ1v) is 5.78. The van der Waals surface area contributed by atoms with Gasteiger partial charge >= 0.3 is 5.97 Å². The van der Waals surface area contributed by atoms with Crippen molar-refractivity contribution >= 4 is 5.97 Å². The SMILES string of the molecule is Cc1ccccc1COc1ccc(C(=O)O)c(F)c1. The Morgan fingerprint density at radius 3 is 2.63 bits per heavy atom. The molecule has 4 heteroatoms. The van der Waals surface area contributed by atoms with Crippen molar-refractivity contribution in [1.29, 1.82) is 0 Å². The van der Waals surface area contributed by atoms with Gasteiger partial charge in [-0.2, -0.15) is 0 Å². The third-order valence-corrected chi connectivity index (χ3v) is 2.83. The fraction of sp³-hybridized carbons (Fsp3) is 0.133. The van der Waals surface area contributed by atoms with E-state index in [1.165, 1.54) is 12.1 Å². The van der Waals surface area contributed by atoms with Gasteiger partial charge in [0.2, 0.25) is 0 Å². The molecular weight excluding hydrogens is 247 g/mol. The lowest BCUT2D eigenvalue weighted by Gasteiger charge is -2.09. The number of aryl methyl sites for hydroxylation is 1. The van der Waals surface area contributed by atoms with Gasteiger partial charge in [0, 0.05) is 6.07 Å². The molecule has 98 valence electrons. The summed E-state index contributed by atoms with van der Waals surface area (Å²) < 4.78 is 18.9. The first-order chi connectivity index (χ1) is 9.08. The summed E-state index contributed by atoms with van der Waals surface area (Å²) in [4.78, 5) is 10.7. The lowest BCUT2D eigenvalue weighted by molar-refractivity contribution is 0.0692. The average Bonchev–Trinajstić information content (AvgIpc) is 2.37. The summed E-state index contributed by atoms with van der Waals surface area (Å²) in [6, 6.07) is 11.5. The minimum Gasteiger partial charge on any atom is -0.489 e. The van der Waals surface area contributed by atoms with Gasteiger partial charge in [-0.15, -0.1) is 0 Å². The quantitative estimate of drug-likeness (QED) is 0.916. The number of benzene rings is 2. The number of carbonyl (C=O) groups is 1. The molecular formula is C15H13FO3. The smallest absolute Gasteiger partial charge is 0.338 e. The molecule has 0 bridgehead atoms. The molecule has 2 aromatic carbocycles. The number of hydrogen-bond acceptors (Lipinski definition) is 2. The van der Waals surface area contributed by atoms with Crippen molar-refractivity contribution in [3.63, 3.8) is 0 Å². The second-order valence-electron chi connectivity index (χ2n) is 4.16. The molecule has 0 aliphatic heterocycles. The minimum absolute atomic E-state index is 0.311. The van der Waals surface area contributed by atoms with E-state index in [-0.39, 0.29) is 5.56 Å². The first kappa shape index (κ1) is 13.1. The van der Waals surface area contributed by atoms with E-state index < -0.39 is 11.8 Å². The Kier molecular flexibility index (Phi) is 3.80. The number of carboxylic acids is 1. The van der Waals surface area contributed by atoms with Gasteiger partial charge in [0.15, 0.2) is 0 Å². The fourth-order valence-electron chi connectivity index (χ4n) is 1.69. The third-order valence-electron chi connectivity index (χ3n) is 2.83. The summed E-state index contributed by atoms with van der Waals surface area (Å²) >= 11 is 0. The number of aromatic carboxylic acids is 1. The molecule has 0 aromatic heterocycles. The Morgan fingerprint density at radius 1 is 1.26 bits per heavy atom. The van der Waals surface area contributed by atoms with Crippen molar-refractivity contribution in [2.24, 2.45) is 0 Å². The van der Waals surface area contributed by atoms with Gasteiger partial charge in [-0.3, -0.25) is 0 Å². The molecule has 0 heterocycles. The van der Waals surface area contributed by atoms with Gasteiger partial charge in [0.1, 0.15) is 18.2 Å². The average molecular weight is 260 g/mol. The zero-order chi connectivity index (χ0) is 13.8. The second-order valence-corrected chi connectivity index (χ2v) is 4.16. The van der Waals surface area contributed by atoms with Crippen molar-refractivity contribution in [2.75, 3.05) is 0 Å². The van der Waals surface area contributed by atoms with Crippen LogP contribution in [0, 0.1) is 12.7 Å². The van der Waals surface area contributed by atoms with Crippen molar-refractivity contribution in [2.45, 2.75) is 13.5 Å². The Hall–Kier alpha value is -2.36. The van der Waals surface area contributed by atoms with Crippen LogP contribution in [-0.2, 0) is 6.61 Å². The van der Waals surface area contributed by atoms with Crippen LogP contribution in [0.1, 0.15) is 21.5 Å². The topological polar surface area (TPSA) is 46.5 Å². The maximum Gasteiger partial charge on any atom is 0.338 e. The number of hydrogen-bond donors (Lipinski definition) is 1. The summed E-state index contributed by atoms with van der Waals surface area (Å²) in [6.45, 7) is 2.28. The van der Waals surface area contributed by atoms with Crippen LogP contribution in [-0.4, -0.2) is 11.1 Å². The van der Waals surface area contributed by atoms with E-state index >= 15 is 0 Å². The molecule has 0 saturated carbocycles. The van der Waals surface area contributed by atoms with E-state index in [0.29, 0.717) is 12.4 Å². The zero-order valence-electron chi connectivity index (χ0n) is 10.4. The molecule has 0 amide bonds. The van der Waals surface area contributed by atoms with Gasteiger partial charge in [-0.05, 0) is 30.2 Å². The van der Waals surface area contributed by atoms with E-state index in [1.54, 1.807) is 0 Å². The van der Waals surface area contributed by atoms with E-state index in [4.69, 9.17) is 9.84 Å². The Labute approximate surface area is 110 Å². The predicted molar refractivity (Wildman–Crippen MR) is 68.9 cm³/mol. The summed E-state index contributed by atoms with van der Waals surface area (Å²) in [5.41, 5.74) is 1.73. The normalized spacial score (nSPS) is 10.2. The highest BCUT2D eigenvalue weighted by Crippen LogP contribution is 2.18. The number of ether oxygens (including phenoxy) is 1. The van der Waals surface area contributed by atoms with Gasteiger partial charge in [0.25, 0.3) is 0 Å². The lowest BCUT2D eigenvalue weighted by atomic mass is 10.1. The molecule has 0 aliphatic carbocycles. The maximum absolute atomic E-state index is 13.4. The van der Waals surface area contributed by atoms with Crippen LogP contribution in [0.3, 0.4) is 0 Å². The van der Waals surface area contributed by atoms with Crippen molar-refractivity contribution in [3.8, 4) is 5.75 Å². The molecule has 0 saturated heterocycles. The standard InChI is InChI=1S/C15H13FO3/c1-10-4-2-3-5-11(10)9-19-12-6-7-13(15(17)18)14(16)8-12/h2-8H,9H2,1H3,(H,17,18). The molecule has 2 aromatic rings. The van der Waals surface area contributed by atoms with Gasteiger partial charge in [-0.25, -0.2) is 9.18 Å². The van der Waals surface area contributed by atoms with Crippen LogP contribution in [0.15, 0.2) is 42.5 Å². The van der Waals surface area contributed by atoms with E-state index in [1.807, 2.05) is 31.2 Å². The maximum atomic E-state index is 13.4. The highest BCUT2D eigenvalue weighted by atomic mass is 19.1. The fourth-order valence-corrected chi connectivity index (χ4v) is 1.69. The molecule has 0 aliphatic rings. The number of carboxylic acid groups (broad SMARTS) is 1. The Morgan fingerprint density at radius 2 is 2.00 bits per heavy atom. The number of rotatable bonds is 4. The minimum atomic E-state index is -1.29. The highest BCUT2D eigenvalue weighted by Gasteiger charge is 2.10. The van der Waals surface area contributed by atoms with Gasteiger partial charge in [0.05, 0.1) is 5.56 Å². The van der Waals surface area contributed by atoms with E-state index in [2.05, 4.69) is 0 Å². The molecule has 0 spiro atoms. The highest BCUT2D eigenvalue weighted by molar-refractivity contribution is 5.88. The summed E-state index contributed by atoms with van der Waals surface area (Å²) in [7, 11) is 0. The zero-order valence-corrected chi connectivity index (χ0v) is 10.4. The second kappa shape index (κ2) is 5.52. The van der Waals surface area contributed by atoms with Gasteiger partial charge < -0.3 is 9.84 Å². The molecule has 0 fully saturated rings. The van der Waals surface area contributed by atoms with E-state index in [9.17, 15) is 9.18 Å². The largest absolute Gasteiger partial charge is 0.489 e. The Bertz CT molecular complexity index is 608. The molecule has 0 atom stereocenters.